The van der Waals surface area contributed by atoms with Gasteiger partial charge in [-0.1, -0.05) is 4.89 Å². The minimum Gasteiger partial charge on any atom is -0.378 e. The summed E-state index contributed by atoms with van der Waals surface area (Å²) in [5.41, 5.74) is -4.45. The molecule has 1 atom stereocenters. The first-order valence-electron chi connectivity index (χ1n) is 10.8. The van der Waals surface area contributed by atoms with Crippen molar-refractivity contribution in [1.82, 2.24) is 25.1 Å². The first-order valence-corrected chi connectivity index (χ1v) is 12.5. The molecule has 11 nitrogen and oxygen atoms in total. The topological polar surface area (TPSA) is 142 Å². The molecule has 37 heavy (non-hydrogen) atoms. The van der Waals surface area contributed by atoms with Crippen LogP contribution in [0.25, 0.3) is 0 Å². The standard InChI is InChI=1S/C19H23F6N7O4S/c1-11(29-14-8-28-30-16(33)15(14)19(23,24)25)9-36-31-37(34,35)10-12-2-4-32(5-3-12)17-26-6-13(7-27-17)18(20,21)22/h6-8,11-12,31H,2-5,9-10H2,1H3,(H2,29,30,33)/t11-/m0/s1. The maximum atomic E-state index is 13.1. The van der Waals surface area contributed by atoms with Crippen molar-refractivity contribution in [3.63, 3.8) is 0 Å². The van der Waals surface area contributed by atoms with Gasteiger partial charge in [-0.15, -0.1) is 0 Å². The Bertz CT molecular complexity index is 1210. The monoisotopic (exact) mass is 559 g/mol. The van der Waals surface area contributed by atoms with Crippen LogP contribution in [0.2, 0.25) is 0 Å². The van der Waals surface area contributed by atoms with Crippen LogP contribution in [0.1, 0.15) is 30.9 Å². The molecule has 0 spiro atoms. The van der Waals surface area contributed by atoms with Crippen molar-refractivity contribution in [2.75, 3.05) is 35.7 Å². The van der Waals surface area contributed by atoms with Crippen LogP contribution in [0.5, 0.6) is 0 Å². The quantitative estimate of drug-likeness (QED) is 0.311. The number of hydrogen-bond acceptors (Lipinski definition) is 9. The van der Waals surface area contributed by atoms with Gasteiger partial charge in [-0.05, 0) is 25.7 Å². The van der Waals surface area contributed by atoms with E-state index in [0.717, 1.165) is 6.20 Å². The van der Waals surface area contributed by atoms with Gasteiger partial charge in [0.2, 0.25) is 16.0 Å². The fraction of sp³-hybridized carbons (Fsp3) is 0.579. The van der Waals surface area contributed by atoms with Crippen LogP contribution in [0.4, 0.5) is 38.0 Å². The van der Waals surface area contributed by atoms with Gasteiger partial charge in [0.15, 0.2) is 0 Å². The average molecular weight is 559 g/mol. The lowest BCUT2D eigenvalue weighted by molar-refractivity contribution is -0.139. The molecular weight excluding hydrogens is 536 g/mol. The first kappa shape index (κ1) is 28.6. The van der Waals surface area contributed by atoms with Gasteiger partial charge >= 0.3 is 12.4 Å². The highest BCUT2D eigenvalue weighted by Gasteiger charge is 2.37. The summed E-state index contributed by atoms with van der Waals surface area (Å²) in [7, 11) is -3.91. The highest BCUT2D eigenvalue weighted by atomic mass is 32.2. The number of H-pyrrole nitrogens is 1. The Balaban J connectivity index is 1.45. The second kappa shape index (κ2) is 11.2. The smallest absolute Gasteiger partial charge is 0.378 e. The highest BCUT2D eigenvalue weighted by molar-refractivity contribution is 7.89. The number of aromatic amines is 1. The molecule has 3 rings (SSSR count). The molecule has 3 N–H and O–H groups in total. The van der Waals surface area contributed by atoms with Gasteiger partial charge in [0, 0.05) is 31.5 Å². The van der Waals surface area contributed by atoms with Crippen LogP contribution in [0, 0.1) is 5.92 Å². The zero-order valence-corrected chi connectivity index (χ0v) is 20.0. The van der Waals surface area contributed by atoms with Crippen LogP contribution >= 0.6 is 0 Å². The number of piperidine rings is 1. The molecule has 0 unspecified atom stereocenters. The number of aromatic nitrogens is 4. The summed E-state index contributed by atoms with van der Waals surface area (Å²) >= 11 is 0. The van der Waals surface area contributed by atoms with Gasteiger partial charge in [-0.2, -0.15) is 31.4 Å². The van der Waals surface area contributed by atoms with Crippen LogP contribution in [-0.4, -0.2) is 60.1 Å². The second-order valence-electron chi connectivity index (χ2n) is 8.41. The number of hydrogen-bond donors (Lipinski definition) is 3. The minimum absolute atomic E-state index is 0.113. The SMILES string of the molecule is C[C@@H](CONS(=O)(=O)CC1CCN(c2ncc(C(F)(F)F)cn2)CC1)Nc1cn[nH]c(=O)c1C(F)(F)F. The zero-order valence-electron chi connectivity index (χ0n) is 19.2. The Hall–Kier alpha value is -2.99. The van der Waals surface area contributed by atoms with Gasteiger partial charge in [0.1, 0.15) is 5.56 Å². The molecule has 0 amide bonds. The maximum absolute atomic E-state index is 13.1. The zero-order chi connectivity index (χ0) is 27.4. The van der Waals surface area contributed by atoms with E-state index in [4.69, 9.17) is 4.84 Å². The van der Waals surface area contributed by atoms with Crippen LogP contribution < -0.4 is 20.7 Å². The van der Waals surface area contributed by atoms with Gasteiger partial charge in [0.05, 0.1) is 29.8 Å². The van der Waals surface area contributed by atoms with Gasteiger partial charge < -0.3 is 10.2 Å². The molecule has 0 bridgehead atoms. The van der Waals surface area contributed by atoms with E-state index in [9.17, 15) is 39.6 Å². The summed E-state index contributed by atoms with van der Waals surface area (Å²) in [5, 5.41) is 7.44. The molecule has 18 heteroatoms. The number of sulfonamides is 1. The minimum atomic E-state index is -4.94. The lowest BCUT2D eigenvalue weighted by atomic mass is 9.99. The first-order chi connectivity index (χ1) is 17.2. The van der Waals surface area contributed by atoms with Crippen molar-refractivity contribution in [2.45, 2.75) is 38.2 Å². The van der Waals surface area contributed by atoms with Crippen molar-refractivity contribution in [3.05, 3.63) is 40.1 Å². The largest absolute Gasteiger partial charge is 0.423 e. The van der Waals surface area contributed by atoms with E-state index in [1.165, 1.54) is 6.92 Å². The normalized spacial score (nSPS) is 16.6. The number of nitrogens with zero attached hydrogens (tertiary/aromatic N) is 4. The predicted molar refractivity (Wildman–Crippen MR) is 118 cm³/mol. The Morgan fingerprint density at radius 3 is 2.30 bits per heavy atom. The van der Waals surface area contributed by atoms with Crippen LogP contribution in [0.15, 0.2) is 23.4 Å². The molecule has 0 radical (unpaired) electrons. The molecule has 0 saturated carbocycles. The fourth-order valence-corrected chi connectivity index (χ4v) is 4.89. The number of alkyl halides is 6. The third-order valence-corrected chi connectivity index (χ3v) is 6.66. The van der Waals surface area contributed by atoms with Crippen molar-refractivity contribution in [3.8, 4) is 0 Å². The maximum Gasteiger partial charge on any atom is 0.423 e. The van der Waals surface area contributed by atoms with Crippen molar-refractivity contribution >= 4 is 21.7 Å². The summed E-state index contributed by atoms with van der Waals surface area (Å²) in [6, 6.07) is -0.834. The molecular formula is C19H23F6N7O4S. The molecule has 1 saturated heterocycles. The Kier molecular flexibility index (Phi) is 8.63. The Morgan fingerprint density at radius 1 is 1.11 bits per heavy atom. The molecule has 0 aromatic carbocycles. The predicted octanol–water partition coefficient (Wildman–Crippen LogP) is 2.17. The molecule has 206 valence electrons. The summed E-state index contributed by atoms with van der Waals surface area (Å²) in [5.74, 6) is -0.465. The summed E-state index contributed by atoms with van der Waals surface area (Å²) in [6.07, 6.45) is -6.52. The molecule has 1 aliphatic rings. The fourth-order valence-electron chi connectivity index (χ4n) is 3.62. The van der Waals surface area contributed by atoms with Crippen molar-refractivity contribution < 1.29 is 39.6 Å². The molecule has 1 fully saturated rings. The second-order valence-corrected chi connectivity index (χ2v) is 10.1. The van der Waals surface area contributed by atoms with Gasteiger partial charge in [-0.3, -0.25) is 9.63 Å². The molecule has 1 aliphatic heterocycles. The third kappa shape index (κ3) is 8.00. The molecule has 3 heterocycles. The lowest BCUT2D eigenvalue weighted by Crippen LogP contribution is -2.39. The summed E-state index contributed by atoms with van der Waals surface area (Å²) in [6.45, 7) is 1.71. The molecule has 2 aromatic heterocycles. The average Bonchev–Trinajstić information content (AvgIpc) is 2.78. The van der Waals surface area contributed by atoms with Gasteiger partial charge in [0.25, 0.3) is 5.56 Å². The van der Waals surface area contributed by atoms with E-state index in [2.05, 4.69) is 20.4 Å². The highest BCUT2D eigenvalue weighted by Crippen LogP contribution is 2.32. The van der Waals surface area contributed by atoms with Crippen molar-refractivity contribution in [1.29, 1.82) is 0 Å². The lowest BCUT2D eigenvalue weighted by Gasteiger charge is -2.31. The van der Waals surface area contributed by atoms with Gasteiger partial charge in [-0.25, -0.2) is 23.5 Å². The van der Waals surface area contributed by atoms with E-state index in [0.29, 0.717) is 38.3 Å². The number of nitrogens with one attached hydrogen (secondary N) is 3. The number of halogens is 6. The van der Waals surface area contributed by atoms with E-state index in [1.54, 1.807) is 10.00 Å². The van der Waals surface area contributed by atoms with E-state index in [1.807, 2.05) is 4.89 Å². The third-order valence-electron chi connectivity index (χ3n) is 5.38. The molecule has 0 aliphatic carbocycles. The number of rotatable bonds is 9. The Morgan fingerprint density at radius 2 is 1.73 bits per heavy atom. The Labute approximate surface area is 206 Å². The van der Waals surface area contributed by atoms with Crippen LogP contribution in [-0.2, 0) is 27.2 Å². The number of anilines is 2. The summed E-state index contributed by atoms with van der Waals surface area (Å²) < 4.78 is 102. The van der Waals surface area contributed by atoms with Crippen molar-refractivity contribution in [2.24, 2.45) is 5.92 Å². The van der Waals surface area contributed by atoms with E-state index in [-0.39, 0.29) is 24.2 Å². The van der Waals surface area contributed by atoms with E-state index < -0.39 is 50.8 Å². The summed E-state index contributed by atoms with van der Waals surface area (Å²) in [4.78, 5) is 27.5. The molecule has 2 aromatic rings. The van der Waals surface area contributed by atoms with Crippen LogP contribution in [0.3, 0.4) is 0 Å². The van der Waals surface area contributed by atoms with E-state index >= 15 is 0 Å².